The number of nitrogens with zero attached hydrogens (tertiary/aromatic N) is 1. The lowest BCUT2D eigenvalue weighted by atomic mass is 9.86. The van der Waals surface area contributed by atoms with Gasteiger partial charge in [-0.2, -0.15) is 0 Å². The summed E-state index contributed by atoms with van der Waals surface area (Å²) in [6.45, 7) is 6.69. The van der Waals surface area contributed by atoms with Gasteiger partial charge < -0.3 is 13.7 Å². The van der Waals surface area contributed by atoms with Crippen LogP contribution in [0, 0.1) is 0 Å². The van der Waals surface area contributed by atoms with Gasteiger partial charge in [0.15, 0.2) is 9.84 Å². The molecule has 0 radical (unpaired) electrons. The molecule has 0 saturated carbocycles. The zero-order valence-electron chi connectivity index (χ0n) is 17.6. The summed E-state index contributed by atoms with van der Waals surface area (Å²) in [5.41, 5.74) is 2.70. The van der Waals surface area contributed by atoms with Gasteiger partial charge in [0.1, 0.15) is 11.3 Å². The molecule has 1 aliphatic heterocycles. The molecule has 30 heavy (non-hydrogen) atoms. The van der Waals surface area contributed by atoms with E-state index in [-0.39, 0.29) is 41.8 Å². The van der Waals surface area contributed by atoms with Gasteiger partial charge in [-0.05, 0) is 41.7 Å². The van der Waals surface area contributed by atoms with E-state index in [4.69, 9.17) is 8.83 Å². The van der Waals surface area contributed by atoms with Gasteiger partial charge in [-0.15, -0.1) is 0 Å². The molecule has 4 rings (SSSR count). The normalized spacial score (nSPS) is 18.7. The van der Waals surface area contributed by atoms with Crippen molar-refractivity contribution >= 4 is 26.7 Å². The highest BCUT2D eigenvalue weighted by Gasteiger charge is 2.35. The van der Waals surface area contributed by atoms with Crippen molar-refractivity contribution < 1.29 is 22.0 Å². The molecular weight excluding hydrogens is 402 g/mol. The Kier molecular flexibility index (Phi) is 5.26. The van der Waals surface area contributed by atoms with Crippen LogP contribution in [0.5, 0.6) is 0 Å². The van der Waals surface area contributed by atoms with Crippen molar-refractivity contribution in [3.05, 3.63) is 59.7 Å². The Labute approximate surface area is 176 Å². The number of benzene rings is 1. The summed E-state index contributed by atoms with van der Waals surface area (Å²) in [5, 5.41) is 0.924. The van der Waals surface area contributed by atoms with Crippen LogP contribution in [0.2, 0.25) is 0 Å². The van der Waals surface area contributed by atoms with Crippen molar-refractivity contribution in [2.45, 2.75) is 51.6 Å². The maximum absolute atomic E-state index is 13.3. The van der Waals surface area contributed by atoms with Gasteiger partial charge >= 0.3 is 0 Å². The minimum absolute atomic E-state index is 0.000243. The Morgan fingerprint density at radius 2 is 2.00 bits per heavy atom. The van der Waals surface area contributed by atoms with Crippen LogP contribution < -0.4 is 0 Å². The molecule has 1 fully saturated rings. The molecule has 1 saturated heterocycles. The second-order valence-electron chi connectivity index (χ2n) is 9.06. The van der Waals surface area contributed by atoms with Gasteiger partial charge in [0.2, 0.25) is 5.91 Å². The third-order valence-corrected chi connectivity index (χ3v) is 7.49. The minimum atomic E-state index is -3.11. The largest absolute Gasteiger partial charge is 0.467 e. The molecule has 2 aromatic heterocycles. The van der Waals surface area contributed by atoms with E-state index in [2.05, 4.69) is 26.8 Å². The maximum Gasteiger partial charge on any atom is 0.227 e. The number of carbonyl (C=O) groups is 1. The number of furan rings is 2. The van der Waals surface area contributed by atoms with Gasteiger partial charge in [-0.1, -0.05) is 26.8 Å². The van der Waals surface area contributed by atoms with Crippen LogP contribution in [0.15, 0.2) is 51.7 Å². The fraction of sp³-hybridized carbons (Fsp3) is 0.435. The molecule has 6 nitrogen and oxygen atoms in total. The summed E-state index contributed by atoms with van der Waals surface area (Å²) < 4.78 is 35.1. The van der Waals surface area contributed by atoms with E-state index in [0.717, 1.165) is 16.5 Å². The van der Waals surface area contributed by atoms with E-state index < -0.39 is 9.84 Å². The Morgan fingerprint density at radius 3 is 2.63 bits per heavy atom. The molecule has 1 unspecified atom stereocenters. The molecule has 0 bridgehead atoms. The van der Waals surface area contributed by atoms with Gasteiger partial charge in [-0.25, -0.2) is 8.42 Å². The number of carbonyl (C=O) groups excluding carboxylic acids is 1. The number of amides is 1. The van der Waals surface area contributed by atoms with E-state index in [1.165, 1.54) is 5.56 Å². The number of hydrogen-bond acceptors (Lipinski definition) is 5. The van der Waals surface area contributed by atoms with Crippen molar-refractivity contribution in [1.82, 2.24) is 4.90 Å². The van der Waals surface area contributed by atoms with Crippen LogP contribution in [-0.2, 0) is 33.0 Å². The monoisotopic (exact) mass is 429 g/mol. The Morgan fingerprint density at radius 1 is 1.20 bits per heavy atom. The highest BCUT2D eigenvalue weighted by molar-refractivity contribution is 7.91. The summed E-state index contributed by atoms with van der Waals surface area (Å²) in [5.74, 6) is 0.625. The van der Waals surface area contributed by atoms with E-state index >= 15 is 0 Å². The average Bonchev–Trinajstić information content (AvgIpc) is 3.39. The van der Waals surface area contributed by atoms with E-state index in [1.54, 1.807) is 29.6 Å². The van der Waals surface area contributed by atoms with Crippen LogP contribution in [0.4, 0.5) is 0 Å². The fourth-order valence-corrected chi connectivity index (χ4v) is 5.69. The Balaban J connectivity index is 1.62. The SMILES string of the molecule is CC(C)(C)c1ccc2occ(CC(=O)N(Cc3ccco3)C3CCS(=O)(=O)C3)c2c1. The third kappa shape index (κ3) is 4.31. The van der Waals surface area contributed by atoms with Crippen molar-refractivity contribution in [2.75, 3.05) is 11.5 Å². The van der Waals surface area contributed by atoms with E-state index in [9.17, 15) is 13.2 Å². The summed E-state index contributed by atoms with van der Waals surface area (Å²) in [6.07, 6.45) is 3.79. The first-order valence-electron chi connectivity index (χ1n) is 10.2. The summed E-state index contributed by atoms with van der Waals surface area (Å²) in [7, 11) is -3.11. The second kappa shape index (κ2) is 7.61. The lowest BCUT2D eigenvalue weighted by Gasteiger charge is -2.27. The van der Waals surface area contributed by atoms with Crippen molar-refractivity contribution in [3.63, 3.8) is 0 Å². The van der Waals surface area contributed by atoms with E-state index in [1.807, 2.05) is 12.1 Å². The summed E-state index contributed by atoms with van der Waals surface area (Å²) in [4.78, 5) is 15.0. The first kappa shape index (κ1) is 20.7. The quantitative estimate of drug-likeness (QED) is 0.610. The van der Waals surface area contributed by atoms with Crippen molar-refractivity contribution in [1.29, 1.82) is 0 Å². The number of rotatable bonds is 5. The zero-order valence-corrected chi connectivity index (χ0v) is 18.4. The molecule has 3 heterocycles. The summed E-state index contributed by atoms with van der Waals surface area (Å²) >= 11 is 0. The van der Waals surface area contributed by atoms with E-state index in [0.29, 0.717) is 12.2 Å². The molecule has 0 aliphatic carbocycles. The molecule has 3 aromatic rings. The van der Waals surface area contributed by atoms with Gasteiger partial charge in [-0.3, -0.25) is 4.79 Å². The predicted octanol–water partition coefficient (Wildman–Crippen LogP) is 4.08. The van der Waals surface area contributed by atoms with Crippen molar-refractivity contribution in [2.24, 2.45) is 0 Å². The van der Waals surface area contributed by atoms with Crippen LogP contribution in [0.3, 0.4) is 0 Å². The molecular formula is C23H27NO5S. The average molecular weight is 430 g/mol. The smallest absolute Gasteiger partial charge is 0.227 e. The number of sulfone groups is 1. The third-order valence-electron chi connectivity index (χ3n) is 5.74. The van der Waals surface area contributed by atoms with Crippen LogP contribution >= 0.6 is 0 Å². The molecule has 1 aromatic carbocycles. The number of hydrogen-bond donors (Lipinski definition) is 0. The second-order valence-corrected chi connectivity index (χ2v) is 11.3. The van der Waals surface area contributed by atoms with Crippen LogP contribution in [-0.4, -0.2) is 36.8 Å². The zero-order chi connectivity index (χ0) is 21.5. The topological polar surface area (TPSA) is 80.7 Å². The molecule has 0 spiro atoms. The molecule has 1 atom stereocenters. The van der Waals surface area contributed by atoms with Gasteiger partial charge in [0, 0.05) is 17.0 Å². The van der Waals surface area contributed by atoms with Crippen LogP contribution in [0.1, 0.15) is 44.1 Å². The molecule has 1 amide bonds. The standard InChI is InChI=1S/C23H27NO5S/c1-23(2,3)17-6-7-21-20(12-17)16(14-29-21)11-22(25)24(13-19-5-4-9-28-19)18-8-10-30(26,27)15-18/h4-7,9,12,14,18H,8,10-11,13,15H2,1-3H3. The first-order valence-corrected chi connectivity index (χ1v) is 12.0. The molecule has 0 N–H and O–H groups in total. The lowest BCUT2D eigenvalue weighted by molar-refractivity contribution is -0.133. The molecule has 1 aliphatic rings. The predicted molar refractivity (Wildman–Crippen MR) is 115 cm³/mol. The molecule has 160 valence electrons. The fourth-order valence-electron chi connectivity index (χ4n) is 3.96. The highest BCUT2D eigenvalue weighted by Crippen LogP contribution is 2.30. The summed E-state index contributed by atoms with van der Waals surface area (Å²) in [6, 6.07) is 9.29. The van der Waals surface area contributed by atoms with Gasteiger partial charge in [0.25, 0.3) is 0 Å². The Bertz CT molecular complexity index is 1150. The van der Waals surface area contributed by atoms with Crippen LogP contribution in [0.25, 0.3) is 11.0 Å². The van der Waals surface area contributed by atoms with Gasteiger partial charge in [0.05, 0.1) is 37.0 Å². The number of fused-ring (bicyclic) bond motifs is 1. The first-order chi connectivity index (χ1) is 14.1. The minimum Gasteiger partial charge on any atom is -0.467 e. The highest BCUT2D eigenvalue weighted by atomic mass is 32.2. The molecule has 7 heteroatoms. The maximum atomic E-state index is 13.3. The lowest BCUT2D eigenvalue weighted by Crippen LogP contribution is -2.41. The van der Waals surface area contributed by atoms with Crippen molar-refractivity contribution in [3.8, 4) is 0 Å². The Hall–Kier alpha value is -2.54.